The van der Waals surface area contributed by atoms with Crippen LogP contribution in [0.1, 0.15) is 39.2 Å². The molecule has 1 aliphatic rings. The lowest BCUT2D eigenvalue weighted by Gasteiger charge is -2.38. The van der Waals surface area contributed by atoms with Gasteiger partial charge in [-0.05, 0) is 45.2 Å². The summed E-state index contributed by atoms with van der Waals surface area (Å²) in [5.74, 6) is 0.523. The molecule has 1 fully saturated rings. The summed E-state index contributed by atoms with van der Waals surface area (Å²) >= 11 is 6.49. The number of rotatable bonds is 5. The molecule has 0 bridgehead atoms. The van der Waals surface area contributed by atoms with Gasteiger partial charge >= 0.3 is 0 Å². The summed E-state index contributed by atoms with van der Waals surface area (Å²) in [5.41, 5.74) is 0.747. The molecule has 3 N–H and O–H groups in total. The Morgan fingerprint density at radius 3 is 2.43 bits per heavy atom. The Labute approximate surface area is 190 Å². The van der Waals surface area contributed by atoms with Crippen molar-refractivity contribution < 1.29 is 9.53 Å². The summed E-state index contributed by atoms with van der Waals surface area (Å²) in [6.45, 7) is 8.10. The second-order valence-corrected chi connectivity index (χ2v) is 8.36. The molecular weight excluding hydrogens is 491 g/mol. The van der Waals surface area contributed by atoms with E-state index in [1.165, 1.54) is 0 Å². The lowest BCUT2D eigenvalue weighted by Crippen LogP contribution is -2.51. The zero-order chi connectivity index (χ0) is 19.9. The van der Waals surface area contributed by atoms with Crippen molar-refractivity contribution in [3.05, 3.63) is 34.9 Å². The fourth-order valence-electron chi connectivity index (χ4n) is 3.29. The van der Waals surface area contributed by atoms with Gasteiger partial charge in [-0.25, -0.2) is 0 Å². The van der Waals surface area contributed by atoms with E-state index in [4.69, 9.17) is 16.3 Å². The summed E-state index contributed by atoms with van der Waals surface area (Å²) in [6, 6.07) is 7.98. The largest absolute Gasteiger partial charge is 0.381 e. The number of nitrogens with zero attached hydrogens (tertiary/aromatic N) is 1. The van der Waals surface area contributed by atoms with Crippen LogP contribution in [0.2, 0.25) is 5.02 Å². The zero-order valence-electron chi connectivity index (χ0n) is 17.1. The number of halogens is 2. The maximum atomic E-state index is 12.0. The first-order valence-electron chi connectivity index (χ1n) is 9.34. The number of carbonyl (C=O) groups excluding carboxylic acids is 1. The van der Waals surface area contributed by atoms with E-state index in [0.29, 0.717) is 25.7 Å². The standard InChI is InChI=1S/C20H31ClN4O2.HI/c1-19(2,3)25-17(26)13-23-18(22-4)24-14-20(9-11-27-12-10-20)15-7-5-6-8-16(15)21;/h5-8H,9-14H2,1-4H3,(H,25,26)(H2,22,23,24);1H. The van der Waals surface area contributed by atoms with Gasteiger partial charge in [-0.1, -0.05) is 29.8 Å². The molecule has 28 heavy (non-hydrogen) atoms. The lowest BCUT2D eigenvalue weighted by atomic mass is 9.74. The van der Waals surface area contributed by atoms with E-state index >= 15 is 0 Å². The van der Waals surface area contributed by atoms with Crippen LogP contribution in [-0.2, 0) is 14.9 Å². The van der Waals surface area contributed by atoms with E-state index in [1.54, 1.807) is 7.05 Å². The summed E-state index contributed by atoms with van der Waals surface area (Å²) in [5, 5.41) is 10.1. The van der Waals surface area contributed by atoms with Crippen molar-refractivity contribution in [3.8, 4) is 0 Å². The van der Waals surface area contributed by atoms with Gasteiger partial charge in [-0.3, -0.25) is 9.79 Å². The number of ether oxygens (including phenoxy) is 1. The number of hydrogen-bond acceptors (Lipinski definition) is 3. The van der Waals surface area contributed by atoms with Crippen molar-refractivity contribution in [1.29, 1.82) is 0 Å². The van der Waals surface area contributed by atoms with Gasteiger partial charge in [0.25, 0.3) is 0 Å². The quantitative estimate of drug-likeness (QED) is 0.316. The van der Waals surface area contributed by atoms with Crippen molar-refractivity contribution in [3.63, 3.8) is 0 Å². The number of carbonyl (C=O) groups is 1. The van der Waals surface area contributed by atoms with Gasteiger partial charge in [0.2, 0.25) is 5.91 Å². The Morgan fingerprint density at radius 1 is 1.21 bits per heavy atom. The highest BCUT2D eigenvalue weighted by Crippen LogP contribution is 2.38. The van der Waals surface area contributed by atoms with Gasteiger partial charge in [-0.15, -0.1) is 24.0 Å². The molecule has 1 amide bonds. The topological polar surface area (TPSA) is 74.8 Å². The molecule has 1 aromatic carbocycles. The lowest BCUT2D eigenvalue weighted by molar-refractivity contribution is -0.121. The molecule has 0 saturated carbocycles. The molecule has 8 heteroatoms. The first-order chi connectivity index (χ1) is 12.8. The molecule has 2 rings (SSSR count). The monoisotopic (exact) mass is 522 g/mol. The zero-order valence-corrected chi connectivity index (χ0v) is 20.2. The normalized spacial score (nSPS) is 16.7. The molecule has 0 atom stereocenters. The van der Waals surface area contributed by atoms with Gasteiger partial charge in [0.1, 0.15) is 0 Å². The van der Waals surface area contributed by atoms with Gasteiger partial charge in [-0.2, -0.15) is 0 Å². The van der Waals surface area contributed by atoms with Crippen LogP contribution >= 0.6 is 35.6 Å². The summed E-state index contributed by atoms with van der Waals surface area (Å²) < 4.78 is 5.57. The highest BCUT2D eigenvalue weighted by Gasteiger charge is 2.36. The van der Waals surface area contributed by atoms with Gasteiger partial charge < -0.3 is 20.7 Å². The Balaban J connectivity index is 0.00000392. The molecule has 0 aromatic heterocycles. The Morgan fingerprint density at radius 2 is 1.86 bits per heavy atom. The average Bonchev–Trinajstić information content (AvgIpc) is 2.61. The number of aliphatic imine (C=N–C) groups is 1. The van der Waals surface area contributed by atoms with E-state index in [9.17, 15) is 4.79 Å². The van der Waals surface area contributed by atoms with Gasteiger partial charge in [0, 0.05) is 42.8 Å². The number of amides is 1. The smallest absolute Gasteiger partial charge is 0.239 e. The van der Waals surface area contributed by atoms with Crippen LogP contribution < -0.4 is 16.0 Å². The molecule has 6 nitrogen and oxygen atoms in total. The van der Waals surface area contributed by atoms with Gasteiger partial charge in [0.05, 0.1) is 6.54 Å². The number of benzene rings is 1. The molecule has 0 radical (unpaired) electrons. The fraction of sp³-hybridized carbons (Fsp3) is 0.600. The van der Waals surface area contributed by atoms with Crippen LogP contribution in [0.15, 0.2) is 29.3 Å². The van der Waals surface area contributed by atoms with Crippen molar-refractivity contribution in [1.82, 2.24) is 16.0 Å². The molecular formula is C20H32ClIN4O2. The summed E-state index contributed by atoms with van der Waals surface area (Å²) in [6.07, 6.45) is 1.76. The number of guanidine groups is 1. The molecule has 0 unspecified atom stereocenters. The Hall–Kier alpha value is -1.06. The minimum Gasteiger partial charge on any atom is -0.381 e. The average molecular weight is 523 g/mol. The highest BCUT2D eigenvalue weighted by molar-refractivity contribution is 14.0. The predicted molar refractivity (Wildman–Crippen MR) is 126 cm³/mol. The van der Waals surface area contributed by atoms with E-state index < -0.39 is 0 Å². The first kappa shape index (κ1) is 25.0. The third-order valence-corrected chi connectivity index (χ3v) is 4.97. The van der Waals surface area contributed by atoms with Crippen molar-refractivity contribution in [2.45, 2.75) is 44.6 Å². The van der Waals surface area contributed by atoms with Crippen LogP contribution in [0.3, 0.4) is 0 Å². The highest BCUT2D eigenvalue weighted by atomic mass is 127. The van der Waals surface area contributed by atoms with E-state index in [1.807, 2.05) is 39.0 Å². The van der Waals surface area contributed by atoms with Crippen LogP contribution in [0, 0.1) is 0 Å². The molecule has 1 aromatic rings. The second-order valence-electron chi connectivity index (χ2n) is 7.95. The molecule has 0 aliphatic carbocycles. The third-order valence-electron chi connectivity index (χ3n) is 4.64. The Bertz CT molecular complexity index is 670. The molecule has 1 saturated heterocycles. The molecule has 1 aliphatic heterocycles. The summed E-state index contributed by atoms with van der Waals surface area (Å²) in [4.78, 5) is 16.3. The van der Waals surface area contributed by atoms with Crippen molar-refractivity contribution in [2.75, 3.05) is 33.4 Å². The van der Waals surface area contributed by atoms with E-state index in [2.05, 4.69) is 27.0 Å². The van der Waals surface area contributed by atoms with Crippen molar-refractivity contribution >= 4 is 47.4 Å². The fourth-order valence-corrected chi connectivity index (χ4v) is 3.63. The van der Waals surface area contributed by atoms with Crippen LogP contribution in [0.25, 0.3) is 0 Å². The van der Waals surface area contributed by atoms with Gasteiger partial charge in [0.15, 0.2) is 5.96 Å². The maximum Gasteiger partial charge on any atom is 0.239 e. The first-order valence-corrected chi connectivity index (χ1v) is 9.72. The van der Waals surface area contributed by atoms with Crippen molar-refractivity contribution in [2.24, 2.45) is 4.99 Å². The van der Waals surface area contributed by atoms with Crippen LogP contribution in [0.5, 0.6) is 0 Å². The number of hydrogen-bond donors (Lipinski definition) is 3. The Kier molecular flexibility index (Phi) is 10.00. The number of nitrogens with one attached hydrogen (secondary N) is 3. The second kappa shape index (κ2) is 11.2. The minimum absolute atomic E-state index is 0. The molecule has 0 spiro atoms. The molecule has 158 valence electrons. The van der Waals surface area contributed by atoms with Crippen LogP contribution in [-0.4, -0.2) is 50.8 Å². The predicted octanol–water partition coefficient (Wildman–Crippen LogP) is 3.09. The van der Waals surface area contributed by atoms with E-state index in [-0.39, 0.29) is 47.4 Å². The summed E-state index contributed by atoms with van der Waals surface area (Å²) in [7, 11) is 1.70. The third kappa shape index (κ3) is 7.40. The maximum absolute atomic E-state index is 12.0. The van der Waals surface area contributed by atoms with E-state index in [0.717, 1.165) is 23.4 Å². The minimum atomic E-state index is -0.258. The molecule has 1 heterocycles. The SMILES string of the molecule is CN=C(NCC(=O)NC(C)(C)C)NCC1(c2ccccc2Cl)CCOCC1.I. The van der Waals surface area contributed by atoms with Crippen LogP contribution in [0.4, 0.5) is 0 Å².